The molecule has 2 heterocycles. The molecular formula is C15H18N2O2S. The van der Waals surface area contributed by atoms with Crippen molar-refractivity contribution in [2.45, 2.75) is 52.5 Å². The Kier molecular flexibility index (Phi) is 3.24. The first-order chi connectivity index (χ1) is 9.50. The first-order valence-corrected chi connectivity index (χ1v) is 7.86. The number of hydrogen-bond donors (Lipinski definition) is 0. The third-order valence-corrected chi connectivity index (χ3v) is 5.36. The van der Waals surface area contributed by atoms with Gasteiger partial charge in [0.05, 0.1) is 11.4 Å². The molecule has 2 aromatic rings. The van der Waals surface area contributed by atoms with Gasteiger partial charge in [-0.1, -0.05) is 0 Å². The normalized spacial score (nSPS) is 16.1. The number of carbonyl (C=O) groups is 1. The molecule has 0 aromatic carbocycles. The van der Waals surface area contributed by atoms with Crippen LogP contribution in [0.2, 0.25) is 0 Å². The van der Waals surface area contributed by atoms with Crippen molar-refractivity contribution in [3.63, 3.8) is 0 Å². The fourth-order valence-corrected chi connectivity index (χ4v) is 4.25. The highest BCUT2D eigenvalue weighted by Gasteiger charge is 2.23. The zero-order valence-corrected chi connectivity index (χ0v) is 12.8. The largest absolute Gasteiger partial charge is 0.298 e. The highest BCUT2D eigenvalue weighted by molar-refractivity contribution is 7.18. The third kappa shape index (κ3) is 1.92. The van der Waals surface area contributed by atoms with E-state index in [1.807, 2.05) is 0 Å². The second-order valence-electron chi connectivity index (χ2n) is 5.51. The fourth-order valence-electron chi connectivity index (χ4n) is 2.96. The van der Waals surface area contributed by atoms with Crippen LogP contribution in [0.15, 0.2) is 4.79 Å². The zero-order chi connectivity index (χ0) is 14.4. The number of Topliss-reactive ketones (excluding diaryl/α,β-unsaturated/α-hetero) is 1. The van der Waals surface area contributed by atoms with Crippen LogP contribution in [0, 0.1) is 6.92 Å². The number of fused-ring (bicyclic) bond motifs is 3. The molecule has 0 amide bonds. The maximum absolute atomic E-state index is 12.8. The SMILES string of the molecule is CC(=O)[C@H](C)n1c(C)nc2sc3c(c2c1=O)CCCC3. The number of nitrogens with zero attached hydrogens (tertiary/aromatic N) is 2. The Balaban J connectivity index is 2.33. The van der Waals surface area contributed by atoms with Crippen molar-refractivity contribution >= 4 is 27.3 Å². The summed E-state index contributed by atoms with van der Waals surface area (Å²) in [7, 11) is 0. The van der Waals surface area contributed by atoms with Gasteiger partial charge in [0.15, 0.2) is 5.78 Å². The van der Waals surface area contributed by atoms with Crippen molar-refractivity contribution in [3.05, 3.63) is 26.6 Å². The predicted molar refractivity (Wildman–Crippen MR) is 80.7 cm³/mol. The Labute approximate surface area is 121 Å². The lowest BCUT2D eigenvalue weighted by molar-refractivity contribution is -0.119. The summed E-state index contributed by atoms with van der Waals surface area (Å²) in [5.41, 5.74) is 1.13. The number of aryl methyl sites for hydroxylation is 3. The summed E-state index contributed by atoms with van der Waals surface area (Å²) in [6.45, 7) is 5.09. The van der Waals surface area contributed by atoms with Crippen LogP contribution in [0.25, 0.3) is 10.2 Å². The summed E-state index contributed by atoms with van der Waals surface area (Å²) in [5, 5.41) is 0.753. The first kappa shape index (κ1) is 13.5. The number of hydrogen-bond acceptors (Lipinski definition) is 4. The van der Waals surface area contributed by atoms with Crippen molar-refractivity contribution < 1.29 is 4.79 Å². The summed E-state index contributed by atoms with van der Waals surface area (Å²) in [6, 6.07) is -0.446. The molecule has 0 spiro atoms. The molecule has 1 aliphatic carbocycles. The van der Waals surface area contributed by atoms with Gasteiger partial charge in [-0.15, -0.1) is 11.3 Å². The molecule has 0 saturated heterocycles. The van der Waals surface area contributed by atoms with E-state index in [0.717, 1.165) is 29.5 Å². The number of ketones is 1. The summed E-state index contributed by atoms with van der Waals surface area (Å²) in [4.78, 5) is 31.2. The van der Waals surface area contributed by atoms with Crippen LogP contribution in [0.4, 0.5) is 0 Å². The van der Waals surface area contributed by atoms with E-state index in [-0.39, 0.29) is 11.3 Å². The van der Waals surface area contributed by atoms with Crippen LogP contribution < -0.4 is 5.56 Å². The molecule has 1 atom stereocenters. The Morgan fingerprint density at radius 1 is 1.35 bits per heavy atom. The van der Waals surface area contributed by atoms with E-state index < -0.39 is 6.04 Å². The molecule has 1 aliphatic rings. The summed E-state index contributed by atoms with van der Waals surface area (Å²) in [6.07, 6.45) is 4.34. The predicted octanol–water partition coefficient (Wildman–Crippen LogP) is 2.80. The Morgan fingerprint density at radius 2 is 2.05 bits per heavy atom. The lowest BCUT2D eigenvalue weighted by Crippen LogP contribution is -2.30. The maximum Gasteiger partial charge on any atom is 0.263 e. The Bertz CT molecular complexity index is 757. The lowest BCUT2D eigenvalue weighted by atomic mass is 9.97. The molecule has 106 valence electrons. The topological polar surface area (TPSA) is 52.0 Å². The number of rotatable bonds is 2. The van der Waals surface area contributed by atoms with Gasteiger partial charge in [-0.25, -0.2) is 4.98 Å². The minimum absolute atomic E-state index is 0.0135. The highest BCUT2D eigenvalue weighted by Crippen LogP contribution is 2.34. The average Bonchev–Trinajstić information content (AvgIpc) is 2.76. The van der Waals surface area contributed by atoms with Crippen molar-refractivity contribution in [2.75, 3.05) is 0 Å². The van der Waals surface area contributed by atoms with Crippen LogP contribution in [0.5, 0.6) is 0 Å². The van der Waals surface area contributed by atoms with Crippen molar-refractivity contribution in [1.82, 2.24) is 9.55 Å². The lowest BCUT2D eigenvalue weighted by Gasteiger charge is -2.15. The molecule has 0 N–H and O–H groups in total. The van der Waals surface area contributed by atoms with Gasteiger partial charge in [-0.2, -0.15) is 0 Å². The minimum Gasteiger partial charge on any atom is -0.298 e. The molecule has 0 unspecified atom stereocenters. The second kappa shape index (κ2) is 4.81. The highest BCUT2D eigenvalue weighted by atomic mass is 32.1. The molecule has 0 fully saturated rings. The van der Waals surface area contributed by atoms with Gasteiger partial charge in [0, 0.05) is 4.88 Å². The third-order valence-electron chi connectivity index (χ3n) is 4.17. The molecule has 0 aliphatic heterocycles. The molecule has 4 nitrogen and oxygen atoms in total. The minimum atomic E-state index is -0.446. The molecule has 2 aromatic heterocycles. The Morgan fingerprint density at radius 3 is 2.75 bits per heavy atom. The van der Waals surface area contributed by atoms with Crippen LogP contribution >= 0.6 is 11.3 Å². The summed E-state index contributed by atoms with van der Waals surface area (Å²) in [5.74, 6) is 0.615. The number of carbonyl (C=O) groups excluding carboxylic acids is 1. The second-order valence-corrected chi connectivity index (χ2v) is 6.60. The standard InChI is InChI=1S/C15H18N2O2S/c1-8(9(2)18)17-10(3)16-14-13(15(17)19)11-6-4-5-7-12(11)20-14/h8H,4-7H2,1-3H3/t8-/m0/s1. The smallest absolute Gasteiger partial charge is 0.263 e. The molecule has 0 bridgehead atoms. The number of aromatic nitrogens is 2. The first-order valence-electron chi connectivity index (χ1n) is 7.04. The van der Waals surface area contributed by atoms with Gasteiger partial charge in [0.2, 0.25) is 0 Å². The number of thiophene rings is 1. The van der Waals surface area contributed by atoms with Gasteiger partial charge in [0.1, 0.15) is 10.7 Å². The fraction of sp³-hybridized carbons (Fsp3) is 0.533. The Hall–Kier alpha value is -1.49. The van der Waals surface area contributed by atoms with E-state index in [4.69, 9.17) is 0 Å². The van der Waals surface area contributed by atoms with Gasteiger partial charge >= 0.3 is 0 Å². The van der Waals surface area contributed by atoms with E-state index in [2.05, 4.69) is 4.98 Å². The van der Waals surface area contributed by atoms with Gasteiger partial charge in [0.25, 0.3) is 5.56 Å². The molecule has 3 rings (SSSR count). The van der Waals surface area contributed by atoms with Crippen LogP contribution in [-0.4, -0.2) is 15.3 Å². The molecule has 20 heavy (non-hydrogen) atoms. The van der Waals surface area contributed by atoms with Crippen molar-refractivity contribution in [3.8, 4) is 0 Å². The van der Waals surface area contributed by atoms with Crippen LogP contribution in [-0.2, 0) is 17.6 Å². The van der Waals surface area contributed by atoms with Crippen LogP contribution in [0.3, 0.4) is 0 Å². The molecule has 5 heteroatoms. The van der Waals surface area contributed by atoms with Crippen molar-refractivity contribution in [1.29, 1.82) is 0 Å². The molecular weight excluding hydrogens is 272 g/mol. The summed E-state index contributed by atoms with van der Waals surface area (Å²) < 4.78 is 1.55. The van der Waals surface area contributed by atoms with E-state index in [9.17, 15) is 9.59 Å². The van der Waals surface area contributed by atoms with Crippen molar-refractivity contribution in [2.24, 2.45) is 0 Å². The maximum atomic E-state index is 12.8. The molecule has 0 radical (unpaired) electrons. The van der Waals surface area contributed by atoms with E-state index in [0.29, 0.717) is 5.82 Å². The average molecular weight is 290 g/mol. The molecule has 0 saturated carbocycles. The summed E-state index contributed by atoms with van der Waals surface area (Å²) >= 11 is 1.65. The zero-order valence-electron chi connectivity index (χ0n) is 12.0. The van der Waals surface area contributed by atoms with E-state index in [1.165, 1.54) is 23.8 Å². The van der Waals surface area contributed by atoms with E-state index >= 15 is 0 Å². The quantitative estimate of drug-likeness (QED) is 0.854. The van der Waals surface area contributed by atoms with E-state index in [1.54, 1.807) is 29.8 Å². The van der Waals surface area contributed by atoms with Gasteiger partial charge in [-0.05, 0) is 52.0 Å². The van der Waals surface area contributed by atoms with Crippen LogP contribution in [0.1, 0.15) is 49.0 Å². The van der Waals surface area contributed by atoms with Gasteiger partial charge < -0.3 is 0 Å². The van der Waals surface area contributed by atoms with Gasteiger partial charge in [-0.3, -0.25) is 14.2 Å². The monoisotopic (exact) mass is 290 g/mol.